The second-order valence-electron chi connectivity index (χ2n) is 3.13. The average Bonchev–Trinajstić information content (AvgIpc) is 2.27. The van der Waals surface area contributed by atoms with Gasteiger partial charge in [0.05, 0.1) is 0 Å². The molecule has 0 aliphatic heterocycles. The van der Waals surface area contributed by atoms with E-state index in [2.05, 4.69) is 23.8 Å². The highest BCUT2D eigenvalue weighted by Crippen LogP contribution is 1.82. The molecule has 0 fully saturated rings. The third-order valence-corrected chi connectivity index (χ3v) is 1.46. The monoisotopic (exact) mass is 226 g/mol. The van der Waals surface area contributed by atoms with Crippen LogP contribution in [0.15, 0.2) is 24.8 Å². The minimum Gasteiger partial charge on any atom is -0.353 e. The highest BCUT2D eigenvalue weighted by Gasteiger charge is 1.95. The van der Waals surface area contributed by atoms with Gasteiger partial charge in [-0.1, -0.05) is 20.1 Å². The number of carbonyl (C=O) groups is 2. The number of rotatable bonds is 5. The summed E-state index contributed by atoms with van der Waals surface area (Å²) in [6.45, 7) is 13.7. The van der Waals surface area contributed by atoms with Gasteiger partial charge in [0.15, 0.2) is 0 Å². The van der Waals surface area contributed by atoms with Gasteiger partial charge in [-0.15, -0.1) is 0 Å². The molecule has 0 aliphatic rings. The van der Waals surface area contributed by atoms with Gasteiger partial charge < -0.3 is 10.6 Å². The minimum atomic E-state index is -0.0909. The molecule has 0 radical (unpaired) electrons. The molecule has 0 rings (SSSR count). The fourth-order valence-electron chi connectivity index (χ4n) is 0.632. The van der Waals surface area contributed by atoms with Crippen molar-refractivity contribution in [2.75, 3.05) is 13.1 Å². The molecular weight excluding hydrogens is 204 g/mol. The molecular formula is C12H22N2O2. The van der Waals surface area contributed by atoms with E-state index in [4.69, 9.17) is 0 Å². The van der Waals surface area contributed by atoms with Crippen LogP contribution in [-0.2, 0) is 9.59 Å². The molecule has 92 valence electrons. The fourth-order valence-corrected chi connectivity index (χ4v) is 0.632. The lowest BCUT2D eigenvalue weighted by Gasteiger charge is -1.97. The first-order chi connectivity index (χ1) is 7.49. The molecule has 0 saturated heterocycles. The maximum Gasteiger partial charge on any atom is 0.246 e. The fraction of sp³-hybridized carbons (Fsp3) is 0.500. The molecule has 0 aliphatic carbocycles. The second-order valence-corrected chi connectivity index (χ2v) is 3.13. The van der Waals surface area contributed by atoms with Crippen molar-refractivity contribution in [2.24, 2.45) is 0 Å². The summed E-state index contributed by atoms with van der Waals surface area (Å²) in [4.78, 5) is 20.9. The predicted molar refractivity (Wildman–Crippen MR) is 67.0 cm³/mol. The molecule has 0 aromatic carbocycles. The lowest BCUT2D eigenvalue weighted by atomic mass is 10.3. The second kappa shape index (κ2) is 11.5. The van der Waals surface area contributed by atoms with Crippen LogP contribution in [0.1, 0.15) is 27.2 Å². The molecule has 0 spiro atoms. The summed E-state index contributed by atoms with van der Waals surface area (Å²) in [5.41, 5.74) is 0.562. The molecule has 0 atom stereocenters. The largest absolute Gasteiger partial charge is 0.353 e. The van der Waals surface area contributed by atoms with E-state index in [9.17, 15) is 9.59 Å². The summed E-state index contributed by atoms with van der Waals surface area (Å²) in [7, 11) is 0. The number of hydrogen-bond donors (Lipinski definition) is 2. The van der Waals surface area contributed by atoms with Crippen LogP contribution in [0, 0.1) is 0 Å². The average molecular weight is 226 g/mol. The highest BCUT2D eigenvalue weighted by molar-refractivity contribution is 5.91. The van der Waals surface area contributed by atoms with Crippen molar-refractivity contribution in [3.05, 3.63) is 24.8 Å². The Labute approximate surface area is 97.8 Å². The minimum absolute atomic E-state index is 0.0625. The van der Waals surface area contributed by atoms with Gasteiger partial charge in [-0.3, -0.25) is 9.59 Å². The van der Waals surface area contributed by atoms with Crippen LogP contribution < -0.4 is 10.6 Å². The molecule has 2 amide bonds. The van der Waals surface area contributed by atoms with Crippen molar-refractivity contribution < 1.29 is 9.59 Å². The van der Waals surface area contributed by atoms with Crippen LogP contribution in [0.5, 0.6) is 0 Å². The molecule has 0 saturated carbocycles. The van der Waals surface area contributed by atoms with Gasteiger partial charge in [0.1, 0.15) is 0 Å². The smallest absolute Gasteiger partial charge is 0.246 e. The number of nitrogens with one attached hydrogen (secondary N) is 2. The van der Waals surface area contributed by atoms with E-state index in [1.807, 2.05) is 13.8 Å². The standard InChI is InChI=1S/2C6H11NO/c1-4-7-6(8)5(2)3;1-3-5-7-6(8)4-2/h2,4H2,1,3H3,(H,7,8);4H,2-3,5H2,1H3,(H,7,8). The first-order valence-corrected chi connectivity index (χ1v) is 5.33. The Morgan fingerprint density at radius 3 is 2.06 bits per heavy atom. The molecule has 4 nitrogen and oxygen atoms in total. The first-order valence-electron chi connectivity index (χ1n) is 5.33. The first kappa shape index (κ1) is 16.8. The van der Waals surface area contributed by atoms with Crippen molar-refractivity contribution in [1.29, 1.82) is 0 Å². The Kier molecular flexibility index (Phi) is 12.1. The lowest BCUT2D eigenvalue weighted by molar-refractivity contribution is -0.117. The maximum atomic E-state index is 10.5. The van der Waals surface area contributed by atoms with E-state index in [1.165, 1.54) is 6.08 Å². The molecule has 0 aromatic heterocycles. The number of amides is 2. The van der Waals surface area contributed by atoms with Crippen molar-refractivity contribution in [3.63, 3.8) is 0 Å². The van der Waals surface area contributed by atoms with E-state index in [0.29, 0.717) is 12.1 Å². The van der Waals surface area contributed by atoms with Crippen LogP contribution >= 0.6 is 0 Å². The van der Waals surface area contributed by atoms with E-state index in [0.717, 1.165) is 13.0 Å². The zero-order chi connectivity index (χ0) is 13.0. The Morgan fingerprint density at radius 2 is 1.81 bits per heavy atom. The normalized spacial score (nSPS) is 8.19. The summed E-state index contributed by atoms with van der Waals surface area (Å²) < 4.78 is 0. The topological polar surface area (TPSA) is 58.2 Å². The SMILES string of the molecule is C=C(C)C(=O)NCC.C=CC(=O)NCCC. The Bertz CT molecular complexity index is 245. The number of likely N-dealkylation sites (N-methyl/N-ethyl adjacent to an activating group) is 1. The van der Waals surface area contributed by atoms with Crippen LogP contribution in [0.3, 0.4) is 0 Å². The summed E-state index contributed by atoms with van der Waals surface area (Å²) in [6.07, 6.45) is 2.25. The van der Waals surface area contributed by atoms with E-state index < -0.39 is 0 Å². The van der Waals surface area contributed by atoms with Gasteiger partial charge >= 0.3 is 0 Å². The molecule has 0 unspecified atom stereocenters. The zero-order valence-electron chi connectivity index (χ0n) is 10.4. The highest BCUT2D eigenvalue weighted by atomic mass is 16.2. The quantitative estimate of drug-likeness (QED) is 0.696. The van der Waals surface area contributed by atoms with Gasteiger partial charge in [0.25, 0.3) is 0 Å². The predicted octanol–water partition coefficient (Wildman–Crippen LogP) is 1.40. The number of carbonyl (C=O) groups excluding carboxylic acids is 2. The van der Waals surface area contributed by atoms with Crippen LogP contribution in [0.4, 0.5) is 0 Å². The van der Waals surface area contributed by atoms with E-state index in [-0.39, 0.29) is 11.8 Å². The molecule has 16 heavy (non-hydrogen) atoms. The van der Waals surface area contributed by atoms with Gasteiger partial charge in [0, 0.05) is 18.7 Å². The maximum absolute atomic E-state index is 10.5. The Morgan fingerprint density at radius 1 is 1.25 bits per heavy atom. The van der Waals surface area contributed by atoms with E-state index in [1.54, 1.807) is 6.92 Å². The van der Waals surface area contributed by atoms with Gasteiger partial charge in [-0.05, 0) is 26.3 Å². The van der Waals surface area contributed by atoms with Gasteiger partial charge in [-0.25, -0.2) is 0 Å². The summed E-state index contributed by atoms with van der Waals surface area (Å²) >= 11 is 0. The van der Waals surface area contributed by atoms with Crippen LogP contribution in [0.2, 0.25) is 0 Å². The third-order valence-electron chi connectivity index (χ3n) is 1.46. The van der Waals surface area contributed by atoms with Gasteiger partial charge in [-0.2, -0.15) is 0 Å². The zero-order valence-corrected chi connectivity index (χ0v) is 10.4. The molecule has 0 aromatic rings. The molecule has 2 N–H and O–H groups in total. The third kappa shape index (κ3) is 12.4. The Balaban J connectivity index is 0. The summed E-state index contributed by atoms with van der Waals surface area (Å²) in [6, 6.07) is 0. The summed E-state index contributed by atoms with van der Waals surface area (Å²) in [5, 5.41) is 5.23. The Hall–Kier alpha value is -1.58. The molecule has 0 heterocycles. The van der Waals surface area contributed by atoms with Crippen molar-refractivity contribution in [1.82, 2.24) is 10.6 Å². The van der Waals surface area contributed by atoms with Crippen molar-refractivity contribution in [3.8, 4) is 0 Å². The number of hydrogen-bond acceptors (Lipinski definition) is 2. The van der Waals surface area contributed by atoms with Crippen molar-refractivity contribution >= 4 is 11.8 Å². The molecule has 0 bridgehead atoms. The lowest BCUT2D eigenvalue weighted by Crippen LogP contribution is -2.22. The summed E-state index contributed by atoms with van der Waals surface area (Å²) in [5.74, 6) is -0.153. The van der Waals surface area contributed by atoms with Crippen LogP contribution in [-0.4, -0.2) is 24.9 Å². The molecule has 4 heteroatoms. The van der Waals surface area contributed by atoms with Crippen LogP contribution in [0.25, 0.3) is 0 Å². The van der Waals surface area contributed by atoms with E-state index >= 15 is 0 Å². The van der Waals surface area contributed by atoms with Gasteiger partial charge in [0.2, 0.25) is 11.8 Å². The van der Waals surface area contributed by atoms with Crippen molar-refractivity contribution in [2.45, 2.75) is 27.2 Å².